The molecule has 0 N–H and O–H groups in total. The number of carbonyl (C=O) groups excluding carboxylic acids is 1. The van der Waals surface area contributed by atoms with Crippen molar-refractivity contribution in [2.24, 2.45) is 0 Å². The third-order valence-electron chi connectivity index (χ3n) is 3.27. The second kappa shape index (κ2) is 7.51. The minimum Gasteiger partial charge on any atom is -0.461 e. The number of hydrogen-bond acceptors (Lipinski definition) is 5. The van der Waals surface area contributed by atoms with E-state index in [1.165, 1.54) is 11.8 Å². The number of thioether (sulfide) groups is 1. The van der Waals surface area contributed by atoms with Crippen LogP contribution < -0.4 is 0 Å². The Hall–Kier alpha value is -2.31. The van der Waals surface area contributed by atoms with Crippen LogP contribution in [-0.4, -0.2) is 26.3 Å². The van der Waals surface area contributed by atoms with Crippen LogP contribution in [0.3, 0.4) is 0 Å². The summed E-state index contributed by atoms with van der Waals surface area (Å²) in [6.07, 6.45) is 3.33. The maximum Gasteiger partial charge on any atom is 0.200 e. The molecule has 0 unspecified atom stereocenters. The van der Waals surface area contributed by atoms with E-state index in [4.69, 9.17) is 16.0 Å². The fourth-order valence-electron chi connectivity index (χ4n) is 2.13. The standard InChI is InChI=1S/C17H14ClN3O2S/c1-2-9-21-16(15-4-3-10-23-15)19-20-17(21)24-11-14(22)12-5-7-13(18)8-6-12/h2-8,10H,1,9,11H2. The van der Waals surface area contributed by atoms with Crippen LogP contribution in [0.2, 0.25) is 5.02 Å². The highest BCUT2D eigenvalue weighted by molar-refractivity contribution is 7.99. The monoisotopic (exact) mass is 359 g/mol. The van der Waals surface area contributed by atoms with Crippen molar-refractivity contribution in [3.63, 3.8) is 0 Å². The van der Waals surface area contributed by atoms with Crippen molar-refractivity contribution in [1.29, 1.82) is 0 Å². The van der Waals surface area contributed by atoms with Gasteiger partial charge in [0.25, 0.3) is 0 Å². The third-order valence-corrected chi connectivity index (χ3v) is 4.49. The number of Topliss-reactive ketones (excluding diaryl/α,β-unsaturated/α-hetero) is 1. The number of ketones is 1. The van der Waals surface area contributed by atoms with Crippen molar-refractivity contribution < 1.29 is 9.21 Å². The smallest absolute Gasteiger partial charge is 0.200 e. The molecule has 0 aliphatic carbocycles. The lowest BCUT2D eigenvalue weighted by molar-refractivity contribution is 0.102. The second-order valence-electron chi connectivity index (χ2n) is 4.90. The quantitative estimate of drug-likeness (QED) is 0.356. The summed E-state index contributed by atoms with van der Waals surface area (Å²) < 4.78 is 7.25. The van der Waals surface area contributed by atoms with E-state index in [1.54, 1.807) is 42.7 Å². The van der Waals surface area contributed by atoms with E-state index >= 15 is 0 Å². The molecule has 1 aromatic carbocycles. The number of rotatable bonds is 7. The highest BCUT2D eigenvalue weighted by atomic mass is 35.5. The molecule has 2 aromatic heterocycles. The number of furan rings is 1. The predicted octanol–water partition coefficient (Wildman–Crippen LogP) is 4.35. The van der Waals surface area contributed by atoms with E-state index in [-0.39, 0.29) is 11.5 Å². The van der Waals surface area contributed by atoms with Crippen LogP contribution in [0.4, 0.5) is 0 Å². The Morgan fingerprint density at radius 1 is 1.29 bits per heavy atom. The Morgan fingerprint density at radius 2 is 2.08 bits per heavy atom. The molecule has 0 aliphatic rings. The summed E-state index contributed by atoms with van der Waals surface area (Å²) in [5, 5.41) is 9.57. The molecule has 2 heterocycles. The van der Waals surface area contributed by atoms with Crippen molar-refractivity contribution in [2.75, 3.05) is 5.75 Å². The molecule has 5 nitrogen and oxygen atoms in total. The first kappa shape index (κ1) is 16.5. The maximum absolute atomic E-state index is 12.3. The fourth-order valence-corrected chi connectivity index (χ4v) is 3.09. The zero-order chi connectivity index (χ0) is 16.9. The zero-order valence-electron chi connectivity index (χ0n) is 12.7. The summed E-state index contributed by atoms with van der Waals surface area (Å²) in [5.74, 6) is 1.50. The molecule has 0 radical (unpaired) electrons. The van der Waals surface area contributed by atoms with E-state index in [9.17, 15) is 4.79 Å². The minimum atomic E-state index is 0.00404. The van der Waals surface area contributed by atoms with Crippen LogP contribution in [0.25, 0.3) is 11.6 Å². The van der Waals surface area contributed by atoms with Crippen LogP contribution >= 0.6 is 23.4 Å². The highest BCUT2D eigenvalue weighted by Gasteiger charge is 2.17. The Bertz CT molecular complexity index is 841. The van der Waals surface area contributed by atoms with Gasteiger partial charge in [-0.25, -0.2) is 0 Å². The Balaban J connectivity index is 1.76. The summed E-state index contributed by atoms with van der Waals surface area (Å²) in [5.41, 5.74) is 0.618. The predicted molar refractivity (Wildman–Crippen MR) is 94.4 cm³/mol. The largest absolute Gasteiger partial charge is 0.461 e. The van der Waals surface area contributed by atoms with E-state index in [0.29, 0.717) is 33.9 Å². The summed E-state index contributed by atoms with van der Waals surface area (Å²) in [6.45, 7) is 4.28. The van der Waals surface area contributed by atoms with Crippen LogP contribution in [0.1, 0.15) is 10.4 Å². The molecule has 0 bridgehead atoms. The molecule has 0 fully saturated rings. The van der Waals surface area contributed by atoms with Gasteiger partial charge in [-0.05, 0) is 36.4 Å². The molecule has 24 heavy (non-hydrogen) atoms. The highest BCUT2D eigenvalue weighted by Crippen LogP contribution is 2.25. The number of aromatic nitrogens is 3. The minimum absolute atomic E-state index is 0.00404. The second-order valence-corrected chi connectivity index (χ2v) is 6.28. The van der Waals surface area contributed by atoms with Gasteiger partial charge in [0.05, 0.1) is 12.0 Å². The Morgan fingerprint density at radius 3 is 2.75 bits per heavy atom. The molecule has 0 aliphatic heterocycles. The average molecular weight is 360 g/mol. The normalized spacial score (nSPS) is 10.7. The van der Waals surface area contributed by atoms with Gasteiger partial charge in [0.2, 0.25) is 5.82 Å². The number of nitrogens with zero attached hydrogens (tertiary/aromatic N) is 3. The first-order chi connectivity index (χ1) is 11.7. The topological polar surface area (TPSA) is 60.9 Å². The van der Waals surface area contributed by atoms with Gasteiger partial charge in [0, 0.05) is 17.1 Å². The van der Waals surface area contributed by atoms with E-state index < -0.39 is 0 Å². The molecule has 0 amide bonds. The van der Waals surface area contributed by atoms with Gasteiger partial charge in [-0.3, -0.25) is 9.36 Å². The van der Waals surface area contributed by atoms with Crippen molar-refractivity contribution in [2.45, 2.75) is 11.7 Å². The Labute approximate surface area is 148 Å². The summed E-state index contributed by atoms with van der Waals surface area (Å²) in [4.78, 5) is 12.3. The van der Waals surface area contributed by atoms with Gasteiger partial charge in [0.15, 0.2) is 16.7 Å². The van der Waals surface area contributed by atoms with Crippen LogP contribution in [0.5, 0.6) is 0 Å². The molecular formula is C17H14ClN3O2S. The summed E-state index contributed by atoms with van der Waals surface area (Å²) in [7, 11) is 0. The molecule has 0 spiro atoms. The molecular weight excluding hydrogens is 346 g/mol. The lowest BCUT2D eigenvalue weighted by atomic mass is 10.1. The molecule has 3 aromatic rings. The van der Waals surface area contributed by atoms with Gasteiger partial charge in [-0.15, -0.1) is 16.8 Å². The number of carbonyl (C=O) groups is 1. The molecule has 0 saturated carbocycles. The number of hydrogen-bond donors (Lipinski definition) is 0. The fraction of sp³-hybridized carbons (Fsp3) is 0.118. The number of halogens is 1. The van der Waals surface area contributed by atoms with Crippen molar-refractivity contribution in [1.82, 2.24) is 14.8 Å². The Kier molecular flexibility index (Phi) is 5.17. The van der Waals surface area contributed by atoms with Crippen molar-refractivity contribution >= 4 is 29.1 Å². The van der Waals surface area contributed by atoms with Gasteiger partial charge in [-0.2, -0.15) is 0 Å². The lowest BCUT2D eigenvalue weighted by Gasteiger charge is -2.06. The van der Waals surface area contributed by atoms with Crippen molar-refractivity contribution in [3.8, 4) is 11.6 Å². The van der Waals surface area contributed by atoms with Crippen LogP contribution in [0, 0.1) is 0 Å². The van der Waals surface area contributed by atoms with E-state index in [1.807, 2.05) is 10.6 Å². The lowest BCUT2D eigenvalue weighted by Crippen LogP contribution is -2.05. The number of allylic oxidation sites excluding steroid dienone is 1. The van der Waals surface area contributed by atoms with Crippen LogP contribution in [-0.2, 0) is 6.54 Å². The third kappa shape index (κ3) is 3.60. The van der Waals surface area contributed by atoms with E-state index in [0.717, 1.165) is 0 Å². The molecule has 0 saturated heterocycles. The molecule has 3 rings (SSSR count). The molecule has 7 heteroatoms. The first-order valence-electron chi connectivity index (χ1n) is 7.18. The van der Waals surface area contributed by atoms with Gasteiger partial charge in [0.1, 0.15) is 0 Å². The van der Waals surface area contributed by atoms with Gasteiger partial charge in [-0.1, -0.05) is 29.4 Å². The number of benzene rings is 1. The van der Waals surface area contributed by atoms with Gasteiger partial charge < -0.3 is 4.42 Å². The summed E-state index contributed by atoms with van der Waals surface area (Å²) in [6, 6.07) is 10.4. The first-order valence-corrected chi connectivity index (χ1v) is 8.55. The molecule has 0 atom stereocenters. The molecule has 122 valence electrons. The van der Waals surface area contributed by atoms with Crippen LogP contribution in [0.15, 0.2) is 64.9 Å². The van der Waals surface area contributed by atoms with Gasteiger partial charge >= 0.3 is 0 Å². The van der Waals surface area contributed by atoms with E-state index in [2.05, 4.69) is 16.8 Å². The SMILES string of the molecule is C=CCn1c(SCC(=O)c2ccc(Cl)cc2)nnc1-c1ccco1. The average Bonchev–Trinajstić information content (AvgIpc) is 3.23. The van der Waals surface area contributed by atoms with Crippen molar-refractivity contribution in [3.05, 3.63) is 65.9 Å². The maximum atomic E-state index is 12.3. The zero-order valence-corrected chi connectivity index (χ0v) is 14.3. The summed E-state index contributed by atoms with van der Waals surface area (Å²) >= 11 is 7.17.